The Bertz CT molecular complexity index is 544. The Morgan fingerprint density at radius 1 is 1.11 bits per heavy atom. The summed E-state index contributed by atoms with van der Waals surface area (Å²) < 4.78 is 5.43. The molecule has 2 rings (SSSR count). The van der Waals surface area contributed by atoms with Crippen molar-refractivity contribution >= 4 is 29.3 Å². The molecule has 0 saturated carbocycles. The Balaban J connectivity index is 1.92. The molecular formula is C13H10Cl2N2O. The van der Waals surface area contributed by atoms with Crippen molar-refractivity contribution < 1.29 is 4.74 Å². The van der Waals surface area contributed by atoms with Crippen LogP contribution < -0.4 is 4.74 Å². The highest BCUT2D eigenvalue weighted by molar-refractivity contribution is 6.32. The summed E-state index contributed by atoms with van der Waals surface area (Å²) in [4.78, 5) is 0. The third-order valence-electron chi connectivity index (χ3n) is 2.13. The monoisotopic (exact) mass is 280 g/mol. The first-order valence-corrected chi connectivity index (χ1v) is 6.04. The first-order valence-electron chi connectivity index (χ1n) is 5.29. The molecule has 0 aliphatic carbocycles. The minimum Gasteiger partial charge on any atom is -0.486 e. The summed E-state index contributed by atoms with van der Waals surface area (Å²) in [7, 11) is 0. The predicted octanol–water partition coefficient (Wildman–Crippen LogP) is 3.88. The van der Waals surface area contributed by atoms with Crippen LogP contribution in [0.15, 0.2) is 42.5 Å². The van der Waals surface area contributed by atoms with Gasteiger partial charge in [0.1, 0.15) is 6.61 Å². The van der Waals surface area contributed by atoms with Gasteiger partial charge in [0.05, 0.1) is 0 Å². The summed E-state index contributed by atoms with van der Waals surface area (Å²) in [6.45, 7) is 0.386. The van der Waals surface area contributed by atoms with Crippen LogP contribution in [0.4, 0.5) is 0 Å². The van der Waals surface area contributed by atoms with E-state index in [1.165, 1.54) is 6.07 Å². The van der Waals surface area contributed by atoms with Crippen LogP contribution in [-0.4, -0.2) is 16.8 Å². The van der Waals surface area contributed by atoms with Crippen LogP contribution in [0.5, 0.6) is 5.75 Å². The lowest BCUT2D eigenvalue weighted by atomic mass is 10.2. The van der Waals surface area contributed by atoms with E-state index < -0.39 is 0 Å². The quantitative estimate of drug-likeness (QED) is 0.853. The van der Waals surface area contributed by atoms with Gasteiger partial charge in [0, 0.05) is 6.07 Å². The molecule has 3 nitrogen and oxygen atoms in total. The second kappa shape index (κ2) is 6.38. The standard InChI is InChI=1S/C13H10Cl2N2O/c14-12-9-11(13(15)17-16-12)18-8-4-7-10-5-2-1-3-6-10/h1-7,9H,8H2/b7-4+. The van der Waals surface area contributed by atoms with Crippen LogP contribution in [-0.2, 0) is 0 Å². The summed E-state index contributed by atoms with van der Waals surface area (Å²) in [6, 6.07) is 11.5. The van der Waals surface area contributed by atoms with Gasteiger partial charge in [0.15, 0.2) is 16.1 Å². The summed E-state index contributed by atoms with van der Waals surface area (Å²) in [5.74, 6) is 0.425. The zero-order chi connectivity index (χ0) is 12.8. The zero-order valence-electron chi connectivity index (χ0n) is 9.38. The summed E-state index contributed by atoms with van der Waals surface area (Å²) >= 11 is 11.5. The number of hydrogen-bond acceptors (Lipinski definition) is 3. The van der Waals surface area contributed by atoms with Gasteiger partial charge in [0.25, 0.3) is 0 Å². The van der Waals surface area contributed by atoms with E-state index in [4.69, 9.17) is 27.9 Å². The SMILES string of the molecule is Clc1cc(OC/C=C/c2ccccc2)c(Cl)nn1. The topological polar surface area (TPSA) is 35.0 Å². The molecule has 0 saturated heterocycles. The van der Waals surface area contributed by atoms with Crippen LogP contribution in [0.1, 0.15) is 5.56 Å². The fourth-order valence-corrected chi connectivity index (χ4v) is 1.61. The highest BCUT2D eigenvalue weighted by atomic mass is 35.5. The third kappa shape index (κ3) is 3.72. The summed E-state index contributed by atoms with van der Waals surface area (Å²) in [5, 5.41) is 7.70. The molecule has 0 bridgehead atoms. The number of nitrogens with zero attached hydrogens (tertiary/aromatic N) is 2. The number of aromatic nitrogens is 2. The zero-order valence-corrected chi connectivity index (χ0v) is 10.9. The Hall–Kier alpha value is -1.58. The normalized spacial score (nSPS) is 10.8. The van der Waals surface area contributed by atoms with Gasteiger partial charge >= 0.3 is 0 Å². The number of halogens is 2. The fourth-order valence-electron chi connectivity index (χ4n) is 1.32. The second-order valence-corrected chi connectivity index (χ2v) is 4.19. The molecule has 0 amide bonds. The lowest BCUT2D eigenvalue weighted by Gasteiger charge is -2.03. The first-order chi connectivity index (χ1) is 8.75. The fraction of sp³-hybridized carbons (Fsp3) is 0.0769. The van der Waals surface area contributed by atoms with Crippen LogP contribution in [0.2, 0.25) is 10.3 Å². The van der Waals surface area contributed by atoms with Gasteiger partial charge in [-0.1, -0.05) is 59.6 Å². The molecule has 0 radical (unpaired) electrons. The van der Waals surface area contributed by atoms with E-state index in [0.717, 1.165) is 5.56 Å². The molecule has 0 spiro atoms. The second-order valence-electron chi connectivity index (χ2n) is 3.45. The van der Waals surface area contributed by atoms with E-state index in [2.05, 4.69) is 10.2 Å². The minimum absolute atomic E-state index is 0.201. The molecule has 0 atom stereocenters. The molecule has 0 unspecified atom stereocenters. The average molecular weight is 281 g/mol. The smallest absolute Gasteiger partial charge is 0.193 e. The van der Waals surface area contributed by atoms with Gasteiger partial charge in [-0.2, -0.15) is 0 Å². The number of rotatable bonds is 4. The highest BCUT2D eigenvalue weighted by Crippen LogP contribution is 2.23. The van der Waals surface area contributed by atoms with Crippen molar-refractivity contribution in [3.05, 3.63) is 58.3 Å². The van der Waals surface area contributed by atoms with E-state index >= 15 is 0 Å². The molecular weight excluding hydrogens is 271 g/mol. The third-order valence-corrected chi connectivity index (χ3v) is 2.58. The van der Waals surface area contributed by atoms with Crippen LogP contribution in [0.3, 0.4) is 0 Å². The molecule has 92 valence electrons. The van der Waals surface area contributed by atoms with Crippen molar-refractivity contribution in [3.63, 3.8) is 0 Å². The maximum atomic E-state index is 5.81. The van der Waals surface area contributed by atoms with Crippen molar-refractivity contribution in [2.45, 2.75) is 0 Å². The molecule has 0 fully saturated rings. The Morgan fingerprint density at radius 3 is 2.67 bits per heavy atom. The number of ether oxygens (including phenoxy) is 1. The largest absolute Gasteiger partial charge is 0.486 e. The molecule has 1 aromatic carbocycles. The maximum absolute atomic E-state index is 5.81. The van der Waals surface area contributed by atoms with E-state index in [9.17, 15) is 0 Å². The van der Waals surface area contributed by atoms with Crippen LogP contribution in [0, 0.1) is 0 Å². The highest BCUT2D eigenvalue weighted by Gasteiger charge is 2.03. The molecule has 1 heterocycles. The van der Waals surface area contributed by atoms with Gasteiger partial charge in [-0.05, 0) is 11.6 Å². The average Bonchev–Trinajstić information content (AvgIpc) is 2.40. The Labute approximate surface area is 115 Å². The van der Waals surface area contributed by atoms with Crippen LogP contribution in [0.25, 0.3) is 6.08 Å². The molecule has 5 heteroatoms. The van der Waals surface area contributed by atoms with Gasteiger partial charge in [0.2, 0.25) is 0 Å². The molecule has 0 N–H and O–H groups in total. The molecule has 2 aromatic rings. The van der Waals surface area contributed by atoms with Crippen LogP contribution >= 0.6 is 23.2 Å². The summed E-state index contributed by atoms with van der Waals surface area (Å²) in [5.41, 5.74) is 1.11. The Morgan fingerprint density at radius 2 is 1.89 bits per heavy atom. The lowest BCUT2D eigenvalue weighted by molar-refractivity contribution is 0.361. The van der Waals surface area contributed by atoms with Crippen molar-refractivity contribution in [2.75, 3.05) is 6.61 Å². The van der Waals surface area contributed by atoms with Gasteiger partial charge < -0.3 is 4.74 Å². The predicted molar refractivity (Wildman–Crippen MR) is 73.0 cm³/mol. The van der Waals surface area contributed by atoms with Gasteiger partial charge in [-0.3, -0.25) is 0 Å². The first kappa shape index (κ1) is 12.9. The van der Waals surface area contributed by atoms with E-state index in [-0.39, 0.29) is 10.3 Å². The van der Waals surface area contributed by atoms with E-state index in [1.54, 1.807) is 0 Å². The van der Waals surface area contributed by atoms with E-state index in [1.807, 2.05) is 42.5 Å². The van der Waals surface area contributed by atoms with Gasteiger partial charge in [-0.25, -0.2) is 0 Å². The molecule has 18 heavy (non-hydrogen) atoms. The molecule has 1 aromatic heterocycles. The minimum atomic E-state index is 0.201. The summed E-state index contributed by atoms with van der Waals surface area (Å²) in [6.07, 6.45) is 3.85. The number of hydrogen-bond donors (Lipinski definition) is 0. The van der Waals surface area contributed by atoms with Crippen molar-refractivity contribution in [2.24, 2.45) is 0 Å². The van der Waals surface area contributed by atoms with Crippen molar-refractivity contribution in [1.82, 2.24) is 10.2 Å². The van der Waals surface area contributed by atoms with Crippen molar-refractivity contribution in [1.29, 1.82) is 0 Å². The molecule has 0 aliphatic rings. The van der Waals surface area contributed by atoms with E-state index in [0.29, 0.717) is 12.4 Å². The lowest BCUT2D eigenvalue weighted by Crippen LogP contribution is -1.96. The molecule has 0 aliphatic heterocycles. The van der Waals surface area contributed by atoms with Crippen molar-refractivity contribution in [3.8, 4) is 5.75 Å². The number of benzene rings is 1. The Kier molecular flexibility index (Phi) is 4.56. The van der Waals surface area contributed by atoms with Gasteiger partial charge in [-0.15, -0.1) is 10.2 Å². The maximum Gasteiger partial charge on any atom is 0.193 e.